The first kappa shape index (κ1) is 20.4. The van der Waals surface area contributed by atoms with E-state index < -0.39 is 0 Å². The highest BCUT2D eigenvalue weighted by Gasteiger charge is 2.18. The number of H-pyrrole nitrogens is 1. The Morgan fingerprint density at radius 2 is 1.86 bits per heavy atom. The molecule has 1 aliphatic heterocycles. The summed E-state index contributed by atoms with van der Waals surface area (Å²) in [5, 5.41) is 0. The Balaban J connectivity index is 0.00000225. The number of nitrogens with two attached hydrogens (primary N) is 1. The summed E-state index contributed by atoms with van der Waals surface area (Å²) in [5.74, 6) is 1.13. The Morgan fingerprint density at radius 1 is 1.14 bits per heavy atom. The van der Waals surface area contributed by atoms with Gasteiger partial charge in [-0.05, 0) is 48.9 Å². The Morgan fingerprint density at radius 3 is 2.57 bits per heavy atom. The zero-order valence-corrected chi connectivity index (χ0v) is 18.1. The van der Waals surface area contributed by atoms with E-state index in [9.17, 15) is 4.39 Å². The van der Waals surface area contributed by atoms with Crippen LogP contribution < -0.4 is 10.6 Å². The van der Waals surface area contributed by atoms with Crippen LogP contribution in [0.1, 0.15) is 11.4 Å². The minimum absolute atomic E-state index is 0. The van der Waals surface area contributed by atoms with Crippen molar-refractivity contribution < 1.29 is 4.39 Å². The van der Waals surface area contributed by atoms with E-state index in [0.717, 1.165) is 48.7 Å². The molecule has 2 aromatic carbocycles. The van der Waals surface area contributed by atoms with Crippen LogP contribution in [0.2, 0.25) is 0 Å². The first-order valence-corrected chi connectivity index (χ1v) is 9.09. The number of imidazole rings is 1. The summed E-state index contributed by atoms with van der Waals surface area (Å²) < 4.78 is 13.1. The molecule has 0 amide bonds. The highest BCUT2D eigenvalue weighted by molar-refractivity contribution is 14.0. The van der Waals surface area contributed by atoms with Gasteiger partial charge in [-0.25, -0.2) is 14.4 Å². The summed E-state index contributed by atoms with van der Waals surface area (Å²) >= 11 is 0. The van der Waals surface area contributed by atoms with E-state index in [1.165, 1.54) is 17.7 Å². The fourth-order valence-electron chi connectivity index (χ4n) is 3.35. The summed E-state index contributed by atoms with van der Waals surface area (Å²) in [6.07, 6.45) is 0. The zero-order chi connectivity index (χ0) is 18.8. The molecule has 28 heavy (non-hydrogen) atoms. The van der Waals surface area contributed by atoms with Gasteiger partial charge in [-0.2, -0.15) is 0 Å². The van der Waals surface area contributed by atoms with Crippen LogP contribution in [0.5, 0.6) is 0 Å². The van der Waals surface area contributed by atoms with Crippen molar-refractivity contribution in [2.24, 2.45) is 10.7 Å². The second kappa shape index (κ2) is 8.76. The van der Waals surface area contributed by atoms with Crippen molar-refractivity contribution in [3.05, 3.63) is 59.7 Å². The Hall–Kier alpha value is -2.36. The maximum absolute atomic E-state index is 13.1. The molecule has 2 heterocycles. The van der Waals surface area contributed by atoms with Crippen LogP contribution in [0.4, 0.5) is 10.1 Å². The van der Waals surface area contributed by atoms with Crippen LogP contribution >= 0.6 is 24.0 Å². The lowest BCUT2D eigenvalue weighted by atomic mass is 10.2. The van der Waals surface area contributed by atoms with Gasteiger partial charge in [0.15, 0.2) is 5.96 Å². The molecular weight excluding hydrogens is 470 g/mol. The third-order valence-electron chi connectivity index (χ3n) is 4.87. The molecule has 1 saturated heterocycles. The van der Waals surface area contributed by atoms with Crippen molar-refractivity contribution in [2.75, 3.05) is 31.1 Å². The van der Waals surface area contributed by atoms with Crippen molar-refractivity contribution in [2.45, 2.75) is 13.5 Å². The largest absolute Gasteiger partial charge is 0.370 e. The van der Waals surface area contributed by atoms with E-state index >= 15 is 0 Å². The van der Waals surface area contributed by atoms with E-state index in [0.29, 0.717) is 12.5 Å². The molecule has 0 unspecified atom stereocenters. The molecule has 1 aliphatic rings. The smallest absolute Gasteiger partial charge is 0.191 e. The summed E-state index contributed by atoms with van der Waals surface area (Å²) in [4.78, 5) is 16.7. The molecule has 0 radical (unpaired) electrons. The molecule has 1 fully saturated rings. The predicted molar refractivity (Wildman–Crippen MR) is 122 cm³/mol. The number of nitrogens with zero attached hydrogens (tertiary/aromatic N) is 4. The lowest BCUT2D eigenvalue weighted by molar-refractivity contribution is 0.380. The first-order chi connectivity index (χ1) is 13.1. The quantitative estimate of drug-likeness (QED) is 0.333. The van der Waals surface area contributed by atoms with Crippen LogP contribution in [0.3, 0.4) is 0 Å². The topological polar surface area (TPSA) is 73.5 Å². The van der Waals surface area contributed by atoms with Gasteiger partial charge < -0.3 is 20.5 Å². The normalized spacial score (nSPS) is 15.0. The third-order valence-corrected chi connectivity index (χ3v) is 4.87. The summed E-state index contributed by atoms with van der Waals surface area (Å²) in [6, 6.07) is 12.7. The molecule has 0 atom stereocenters. The fraction of sp³-hybridized carbons (Fsp3) is 0.300. The van der Waals surface area contributed by atoms with Crippen molar-refractivity contribution >= 4 is 46.7 Å². The highest BCUT2D eigenvalue weighted by atomic mass is 127. The number of benzene rings is 2. The number of rotatable bonds is 3. The van der Waals surface area contributed by atoms with Crippen molar-refractivity contribution in [1.29, 1.82) is 0 Å². The van der Waals surface area contributed by atoms with Gasteiger partial charge in [0.05, 0.1) is 11.0 Å². The monoisotopic (exact) mass is 494 g/mol. The van der Waals surface area contributed by atoms with Gasteiger partial charge >= 0.3 is 0 Å². The summed E-state index contributed by atoms with van der Waals surface area (Å²) in [5.41, 5.74) is 10.4. The van der Waals surface area contributed by atoms with E-state index in [1.54, 1.807) is 0 Å². The predicted octanol–water partition coefficient (Wildman–Crippen LogP) is 3.27. The average molecular weight is 494 g/mol. The number of hydrogen-bond donors (Lipinski definition) is 2. The summed E-state index contributed by atoms with van der Waals surface area (Å²) in [7, 11) is 0. The molecule has 1 aromatic heterocycles. The first-order valence-electron chi connectivity index (χ1n) is 9.09. The lowest BCUT2D eigenvalue weighted by Crippen LogP contribution is -2.51. The second-order valence-electron chi connectivity index (χ2n) is 6.83. The average Bonchev–Trinajstić information content (AvgIpc) is 3.09. The van der Waals surface area contributed by atoms with Crippen LogP contribution in [0, 0.1) is 12.7 Å². The minimum Gasteiger partial charge on any atom is -0.370 e. The molecule has 6 nitrogen and oxygen atoms in total. The number of nitrogens with one attached hydrogen (secondary N) is 1. The number of hydrogen-bond acceptors (Lipinski definition) is 3. The van der Waals surface area contributed by atoms with Gasteiger partial charge in [-0.15, -0.1) is 24.0 Å². The number of fused-ring (bicyclic) bond motifs is 1. The van der Waals surface area contributed by atoms with Crippen LogP contribution in [-0.2, 0) is 6.54 Å². The third kappa shape index (κ3) is 4.54. The van der Waals surface area contributed by atoms with Gasteiger partial charge in [0, 0.05) is 31.9 Å². The van der Waals surface area contributed by atoms with E-state index in [4.69, 9.17) is 5.73 Å². The second-order valence-corrected chi connectivity index (χ2v) is 6.83. The summed E-state index contributed by atoms with van der Waals surface area (Å²) in [6.45, 7) is 5.70. The van der Waals surface area contributed by atoms with Gasteiger partial charge in [0.25, 0.3) is 0 Å². The highest BCUT2D eigenvalue weighted by Crippen LogP contribution is 2.17. The Labute approximate surface area is 180 Å². The number of anilines is 1. The molecule has 0 aliphatic carbocycles. The van der Waals surface area contributed by atoms with Gasteiger partial charge in [0.2, 0.25) is 0 Å². The molecule has 3 aromatic rings. The molecule has 0 bridgehead atoms. The number of aromatic nitrogens is 2. The van der Waals surface area contributed by atoms with Crippen LogP contribution in [0.25, 0.3) is 11.0 Å². The molecular formula is C20H24FIN6. The van der Waals surface area contributed by atoms with E-state index in [-0.39, 0.29) is 29.8 Å². The number of aromatic amines is 1. The number of guanidine groups is 1. The van der Waals surface area contributed by atoms with Crippen LogP contribution in [0.15, 0.2) is 47.5 Å². The molecule has 0 saturated carbocycles. The standard InChI is InChI=1S/C20H23FN6.HI/c1-14-2-7-17-18(12-14)25-19(24-17)13-23-20(22)27-10-8-26(9-11-27)16-5-3-15(21)4-6-16;/h2-7,12H,8-11,13H2,1H3,(H2,22,23)(H,24,25);1H. The van der Waals surface area contributed by atoms with Gasteiger partial charge in [0.1, 0.15) is 18.2 Å². The molecule has 3 N–H and O–H groups in total. The minimum atomic E-state index is -0.213. The van der Waals surface area contributed by atoms with Crippen molar-refractivity contribution in [3.63, 3.8) is 0 Å². The molecule has 4 rings (SSSR count). The maximum atomic E-state index is 13.1. The maximum Gasteiger partial charge on any atom is 0.191 e. The van der Waals surface area contributed by atoms with Crippen LogP contribution in [-0.4, -0.2) is 47.0 Å². The Bertz CT molecular complexity index is 960. The molecule has 0 spiro atoms. The van der Waals surface area contributed by atoms with Gasteiger partial charge in [-0.3, -0.25) is 0 Å². The number of aliphatic imine (C=N–C) groups is 1. The van der Waals surface area contributed by atoms with E-state index in [1.807, 2.05) is 24.3 Å². The Kier molecular flexibility index (Phi) is 6.38. The van der Waals surface area contributed by atoms with Crippen molar-refractivity contribution in [3.8, 4) is 0 Å². The molecule has 8 heteroatoms. The van der Waals surface area contributed by atoms with Crippen molar-refractivity contribution in [1.82, 2.24) is 14.9 Å². The molecule has 148 valence electrons. The van der Waals surface area contributed by atoms with Gasteiger partial charge in [-0.1, -0.05) is 6.07 Å². The van der Waals surface area contributed by atoms with E-state index in [2.05, 4.69) is 37.8 Å². The number of halogens is 2. The zero-order valence-electron chi connectivity index (χ0n) is 15.7. The lowest BCUT2D eigenvalue weighted by Gasteiger charge is -2.36. The number of aryl methyl sites for hydroxylation is 1. The SMILES string of the molecule is Cc1ccc2nc(CN=C(N)N3CCN(c4ccc(F)cc4)CC3)[nH]c2c1.I. The fourth-order valence-corrected chi connectivity index (χ4v) is 3.35. The number of piperazine rings is 1.